The second-order valence-electron chi connectivity index (χ2n) is 5.84. The van der Waals surface area contributed by atoms with Crippen molar-refractivity contribution >= 4 is 5.69 Å². The van der Waals surface area contributed by atoms with Crippen LogP contribution in [0.4, 0.5) is 5.69 Å². The topological polar surface area (TPSA) is 52.0 Å². The summed E-state index contributed by atoms with van der Waals surface area (Å²) in [5.41, 5.74) is 2.10. The van der Waals surface area contributed by atoms with Crippen LogP contribution in [0, 0.1) is 0 Å². The Morgan fingerprint density at radius 1 is 1.43 bits per heavy atom. The Hall–Kier alpha value is -1.88. The molecule has 2 aromatic rings. The molecule has 2 atom stereocenters. The molecule has 0 radical (unpaired) electrons. The van der Waals surface area contributed by atoms with Crippen LogP contribution in [0.25, 0.3) is 5.69 Å². The fraction of sp³-hybridized carbons (Fsp3) is 0.500. The molecule has 1 saturated heterocycles. The third-order valence-electron chi connectivity index (χ3n) is 4.27. The molecule has 21 heavy (non-hydrogen) atoms. The van der Waals surface area contributed by atoms with E-state index in [1.54, 1.807) is 17.3 Å². The smallest absolute Gasteiger partial charge is 0.138 e. The van der Waals surface area contributed by atoms with Crippen LogP contribution in [0.15, 0.2) is 36.9 Å². The van der Waals surface area contributed by atoms with Crippen LogP contribution >= 0.6 is 0 Å². The molecule has 0 spiro atoms. The lowest BCUT2D eigenvalue weighted by Gasteiger charge is -2.38. The Kier molecular flexibility index (Phi) is 3.92. The average molecular weight is 286 g/mol. The third-order valence-corrected chi connectivity index (χ3v) is 4.27. The predicted molar refractivity (Wildman–Crippen MR) is 82.7 cm³/mol. The lowest BCUT2D eigenvalue weighted by molar-refractivity contribution is -0.0708. The Bertz CT molecular complexity index is 584. The van der Waals surface area contributed by atoms with E-state index in [0.29, 0.717) is 6.04 Å². The summed E-state index contributed by atoms with van der Waals surface area (Å²) < 4.78 is 7.71. The minimum absolute atomic E-state index is 0.0158. The van der Waals surface area contributed by atoms with E-state index < -0.39 is 0 Å². The van der Waals surface area contributed by atoms with E-state index >= 15 is 0 Å². The van der Waals surface area contributed by atoms with Crippen LogP contribution in [0.1, 0.15) is 33.1 Å². The molecule has 1 fully saturated rings. The van der Waals surface area contributed by atoms with Gasteiger partial charge in [-0.2, -0.15) is 5.10 Å². The number of anilines is 1. The Morgan fingerprint density at radius 3 is 3.05 bits per heavy atom. The summed E-state index contributed by atoms with van der Waals surface area (Å²) in [6.07, 6.45) is 6.37. The molecule has 0 saturated carbocycles. The van der Waals surface area contributed by atoms with Crippen molar-refractivity contribution in [3.63, 3.8) is 0 Å². The largest absolute Gasteiger partial charge is 0.380 e. The van der Waals surface area contributed by atoms with Gasteiger partial charge in [-0.1, -0.05) is 19.1 Å². The van der Waals surface area contributed by atoms with Crippen molar-refractivity contribution < 1.29 is 4.74 Å². The number of rotatable bonds is 4. The standard InChI is InChI=1S/C16H22N4O/c1-3-16(2)10-13(8-9-21-16)19-14-6-4-5-7-15(14)20-12-17-11-18-20/h4-7,11-13,19H,3,8-10H2,1-2H3. The first-order valence-electron chi connectivity index (χ1n) is 7.55. The quantitative estimate of drug-likeness (QED) is 0.938. The number of nitrogens with zero attached hydrogens (tertiary/aromatic N) is 3. The molecule has 2 heterocycles. The van der Waals surface area contributed by atoms with Gasteiger partial charge in [0.25, 0.3) is 0 Å². The van der Waals surface area contributed by atoms with Gasteiger partial charge in [0.15, 0.2) is 0 Å². The van der Waals surface area contributed by atoms with Crippen molar-refractivity contribution in [1.29, 1.82) is 0 Å². The zero-order valence-corrected chi connectivity index (χ0v) is 12.6. The lowest BCUT2D eigenvalue weighted by Crippen LogP contribution is -2.42. The van der Waals surface area contributed by atoms with Gasteiger partial charge >= 0.3 is 0 Å². The molecular weight excluding hydrogens is 264 g/mol. The van der Waals surface area contributed by atoms with Crippen molar-refractivity contribution in [3.8, 4) is 5.69 Å². The molecule has 5 heteroatoms. The molecule has 1 aromatic carbocycles. The number of hydrogen-bond donors (Lipinski definition) is 1. The van der Waals surface area contributed by atoms with Crippen LogP contribution in [0.2, 0.25) is 0 Å². The van der Waals surface area contributed by atoms with Gasteiger partial charge < -0.3 is 10.1 Å². The van der Waals surface area contributed by atoms with Gasteiger partial charge in [-0.3, -0.25) is 0 Å². The van der Waals surface area contributed by atoms with Crippen LogP contribution < -0.4 is 5.32 Å². The van der Waals surface area contributed by atoms with Crippen LogP contribution in [-0.2, 0) is 4.74 Å². The highest BCUT2D eigenvalue weighted by atomic mass is 16.5. The summed E-state index contributed by atoms with van der Waals surface area (Å²) >= 11 is 0. The minimum atomic E-state index is -0.0158. The van der Waals surface area contributed by atoms with Gasteiger partial charge in [-0.25, -0.2) is 9.67 Å². The fourth-order valence-corrected chi connectivity index (χ4v) is 2.85. The highest BCUT2D eigenvalue weighted by Crippen LogP contribution is 2.30. The Morgan fingerprint density at radius 2 is 2.29 bits per heavy atom. The molecular formula is C16H22N4O. The highest BCUT2D eigenvalue weighted by molar-refractivity contribution is 5.60. The van der Waals surface area contributed by atoms with Gasteiger partial charge in [-0.05, 0) is 38.3 Å². The van der Waals surface area contributed by atoms with E-state index in [1.165, 1.54) is 0 Å². The summed E-state index contributed by atoms with van der Waals surface area (Å²) in [7, 11) is 0. The molecule has 3 rings (SSSR count). The summed E-state index contributed by atoms with van der Waals surface area (Å²) in [6, 6.07) is 8.63. The molecule has 0 bridgehead atoms. The number of benzene rings is 1. The van der Waals surface area contributed by atoms with E-state index in [0.717, 1.165) is 37.2 Å². The predicted octanol–water partition coefficient (Wildman–Crippen LogP) is 3.03. The van der Waals surface area contributed by atoms with Crippen LogP contribution in [-0.4, -0.2) is 33.0 Å². The van der Waals surface area contributed by atoms with E-state index in [9.17, 15) is 0 Å². The first-order valence-corrected chi connectivity index (χ1v) is 7.55. The number of para-hydroxylation sites is 2. The monoisotopic (exact) mass is 286 g/mol. The summed E-state index contributed by atoms with van der Waals surface area (Å²) in [5.74, 6) is 0. The highest BCUT2D eigenvalue weighted by Gasteiger charge is 2.31. The molecule has 0 aliphatic carbocycles. The first-order chi connectivity index (χ1) is 10.2. The SMILES string of the molecule is CCC1(C)CC(Nc2ccccc2-n2cncn2)CCO1. The van der Waals surface area contributed by atoms with Crippen molar-refractivity contribution in [2.45, 2.75) is 44.8 Å². The summed E-state index contributed by atoms with van der Waals surface area (Å²) in [5, 5.41) is 7.88. The van der Waals surface area contributed by atoms with E-state index in [-0.39, 0.29) is 5.60 Å². The van der Waals surface area contributed by atoms with Crippen LogP contribution in [0.3, 0.4) is 0 Å². The van der Waals surface area contributed by atoms with E-state index in [2.05, 4.69) is 41.4 Å². The molecule has 2 unspecified atom stereocenters. The normalized spacial score (nSPS) is 25.7. The van der Waals surface area contributed by atoms with E-state index in [4.69, 9.17) is 4.74 Å². The van der Waals surface area contributed by atoms with Crippen molar-refractivity contribution in [2.75, 3.05) is 11.9 Å². The Labute approximate surface area is 125 Å². The summed E-state index contributed by atoms with van der Waals surface area (Å²) in [4.78, 5) is 4.03. The van der Waals surface area contributed by atoms with Crippen molar-refractivity contribution in [3.05, 3.63) is 36.9 Å². The van der Waals surface area contributed by atoms with Gasteiger partial charge in [0.05, 0.1) is 17.0 Å². The second-order valence-corrected chi connectivity index (χ2v) is 5.84. The molecule has 5 nitrogen and oxygen atoms in total. The zero-order chi connectivity index (χ0) is 14.7. The van der Waals surface area contributed by atoms with Crippen LogP contribution in [0.5, 0.6) is 0 Å². The molecule has 1 aliphatic heterocycles. The van der Waals surface area contributed by atoms with Gasteiger partial charge in [-0.15, -0.1) is 0 Å². The number of ether oxygens (including phenoxy) is 1. The maximum atomic E-state index is 5.92. The maximum Gasteiger partial charge on any atom is 0.138 e. The van der Waals surface area contributed by atoms with Crippen molar-refractivity contribution in [2.24, 2.45) is 0 Å². The number of aromatic nitrogens is 3. The molecule has 0 amide bonds. The summed E-state index contributed by atoms with van der Waals surface area (Å²) in [6.45, 7) is 5.20. The van der Waals surface area contributed by atoms with Crippen molar-refractivity contribution in [1.82, 2.24) is 14.8 Å². The lowest BCUT2D eigenvalue weighted by atomic mass is 9.90. The fourth-order valence-electron chi connectivity index (χ4n) is 2.85. The second kappa shape index (κ2) is 5.85. The van der Waals surface area contributed by atoms with Gasteiger partial charge in [0, 0.05) is 12.6 Å². The number of hydrogen-bond acceptors (Lipinski definition) is 4. The van der Waals surface area contributed by atoms with E-state index in [1.807, 2.05) is 12.1 Å². The molecule has 1 aromatic heterocycles. The Balaban J connectivity index is 1.79. The average Bonchev–Trinajstić information content (AvgIpc) is 3.02. The third kappa shape index (κ3) is 3.08. The number of nitrogens with one attached hydrogen (secondary N) is 1. The maximum absolute atomic E-state index is 5.92. The minimum Gasteiger partial charge on any atom is -0.380 e. The van der Waals surface area contributed by atoms with Gasteiger partial charge in [0.1, 0.15) is 12.7 Å². The zero-order valence-electron chi connectivity index (χ0n) is 12.6. The van der Waals surface area contributed by atoms with Gasteiger partial charge in [0.2, 0.25) is 0 Å². The first kappa shape index (κ1) is 14.1. The molecule has 112 valence electrons. The molecule has 1 aliphatic rings. The molecule has 1 N–H and O–H groups in total.